The lowest BCUT2D eigenvalue weighted by molar-refractivity contribution is -0.825. The first-order valence-electron chi connectivity index (χ1n) is 5.38. The summed E-state index contributed by atoms with van der Waals surface area (Å²) in [5, 5.41) is 12.1. The topological polar surface area (TPSA) is 52.1 Å². The molecule has 1 heterocycles. The van der Waals surface area contributed by atoms with Crippen LogP contribution in [0.2, 0.25) is 0 Å². The molecule has 0 amide bonds. The van der Waals surface area contributed by atoms with E-state index in [1.165, 1.54) is 5.56 Å². The molecule has 1 aliphatic rings. The number of benzene rings is 1. The van der Waals surface area contributed by atoms with Crippen LogP contribution < -0.4 is 10.8 Å². The first-order chi connectivity index (χ1) is 7.38. The second-order valence-corrected chi connectivity index (χ2v) is 3.90. The second-order valence-electron chi connectivity index (χ2n) is 3.90. The summed E-state index contributed by atoms with van der Waals surface area (Å²) in [4.78, 5) is 2.44. The fourth-order valence-electron chi connectivity index (χ4n) is 1.84. The van der Waals surface area contributed by atoms with Crippen molar-refractivity contribution in [1.82, 2.24) is 10.2 Å². The zero-order chi connectivity index (χ0) is 10.5. The van der Waals surface area contributed by atoms with E-state index in [0.29, 0.717) is 0 Å². The molecule has 15 heavy (non-hydrogen) atoms. The molecule has 4 heteroatoms. The second kappa shape index (κ2) is 5.23. The van der Waals surface area contributed by atoms with Crippen molar-refractivity contribution in [1.29, 1.82) is 0 Å². The zero-order valence-electron chi connectivity index (χ0n) is 8.82. The average Bonchev–Trinajstić information content (AvgIpc) is 2.31. The number of piperazine rings is 1. The third-order valence-electron chi connectivity index (χ3n) is 2.74. The predicted octanol–water partition coefficient (Wildman–Crippen LogP) is -0.324. The molecule has 4 N–H and O–H groups in total. The molecule has 4 nitrogen and oxygen atoms in total. The van der Waals surface area contributed by atoms with Crippen molar-refractivity contribution in [3.63, 3.8) is 0 Å². The summed E-state index contributed by atoms with van der Waals surface area (Å²) in [7, 11) is 0. The zero-order valence-corrected chi connectivity index (χ0v) is 8.82. The van der Waals surface area contributed by atoms with Crippen LogP contribution in [0.4, 0.5) is 5.69 Å². The molecule has 0 bridgehead atoms. The Morgan fingerprint density at radius 1 is 1.20 bits per heavy atom. The number of nitrogens with two attached hydrogens (primary N) is 1. The van der Waals surface area contributed by atoms with E-state index in [1.807, 2.05) is 12.1 Å². The maximum absolute atomic E-state index is 8.81. The summed E-state index contributed by atoms with van der Waals surface area (Å²) < 4.78 is 0. The summed E-state index contributed by atoms with van der Waals surface area (Å²) in [6.07, 6.45) is 0. The predicted molar refractivity (Wildman–Crippen MR) is 58.0 cm³/mol. The van der Waals surface area contributed by atoms with Crippen molar-refractivity contribution >= 4 is 5.69 Å². The van der Waals surface area contributed by atoms with Crippen LogP contribution in [0.15, 0.2) is 24.3 Å². The van der Waals surface area contributed by atoms with Gasteiger partial charge in [0.2, 0.25) is 0 Å². The molecule has 0 atom stereocenters. The van der Waals surface area contributed by atoms with E-state index in [-0.39, 0.29) is 0 Å². The highest BCUT2D eigenvalue weighted by Gasteiger charge is 2.09. The summed E-state index contributed by atoms with van der Waals surface area (Å²) in [6, 6.07) is 8.03. The Balaban J connectivity index is 1.91. The van der Waals surface area contributed by atoms with Gasteiger partial charge in [-0.15, -0.1) is 0 Å². The van der Waals surface area contributed by atoms with Crippen LogP contribution in [-0.4, -0.2) is 36.3 Å². The Morgan fingerprint density at radius 2 is 1.87 bits per heavy atom. The Kier molecular flexibility index (Phi) is 3.69. The summed E-state index contributed by atoms with van der Waals surface area (Å²) in [6.45, 7) is 5.42. The van der Waals surface area contributed by atoms with Gasteiger partial charge in [0.15, 0.2) is 5.69 Å². The largest absolute Gasteiger partial charge is 0.314 e. The highest BCUT2D eigenvalue weighted by atomic mass is 16.5. The molecule has 0 aromatic heterocycles. The number of hydrogen-bond acceptors (Lipinski definition) is 3. The van der Waals surface area contributed by atoms with E-state index in [4.69, 9.17) is 5.21 Å². The molecule has 1 saturated heterocycles. The van der Waals surface area contributed by atoms with Crippen molar-refractivity contribution in [2.45, 2.75) is 6.54 Å². The third kappa shape index (κ3) is 3.00. The maximum atomic E-state index is 8.81. The standard InChI is InChI=1S/C11H17N3O/c15-13-11-3-1-10(2-4-11)9-14-7-5-12-6-8-14/h1-4,12-13,15H,5-9H2/p+1. The smallest absolute Gasteiger partial charge is 0.161 e. The van der Waals surface area contributed by atoms with E-state index < -0.39 is 0 Å². The van der Waals surface area contributed by atoms with Crippen LogP contribution in [0, 0.1) is 0 Å². The number of nitrogens with zero attached hydrogens (tertiary/aromatic N) is 1. The van der Waals surface area contributed by atoms with Gasteiger partial charge in [-0.3, -0.25) is 4.90 Å². The van der Waals surface area contributed by atoms with Crippen LogP contribution in [-0.2, 0) is 6.54 Å². The van der Waals surface area contributed by atoms with Crippen molar-refractivity contribution < 1.29 is 10.7 Å². The van der Waals surface area contributed by atoms with Gasteiger partial charge in [-0.05, 0) is 5.56 Å². The van der Waals surface area contributed by atoms with Crippen molar-refractivity contribution in [2.24, 2.45) is 0 Å². The van der Waals surface area contributed by atoms with Crippen molar-refractivity contribution in [3.05, 3.63) is 29.8 Å². The highest BCUT2D eigenvalue weighted by Crippen LogP contribution is 2.08. The molecule has 1 aliphatic heterocycles. The lowest BCUT2D eigenvalue weighted by Gasteiger charge is -2.27. The van der Waals surface area contributed by atoms with E-state index >= 15 is 0 Å². The Morgan fingerprint density at radius 3 is 2.47 bits per heavy atom. The van der Waals surface area contributed by atoms with E-state index in [9.17, 15) is 0 Å². The lowest BCUT2D eigenvalue weighted by Crippen LogP contribution is -2.73. The van der Waals surface area contributed by atoms with Gasteiger partial charge < -0.3 is 5.32 Å². The van der Waals surface area contributed by atoms with E-state index in [0.717, 1.165) is 43.9 Å². The average molecular weight is 208 g/mol. The summed E-state index contributed by atoms with van der Waals surface area (Å²) in [5.74, 6) is 0. The van der Waals surface area contributed by atoms with Crippen LogP contribution in [0.25, 0.3) is 0 Å². The van der Waals surface area contributed by atoms with Crippen molar-refractivity contribution in [3.8, 4) is 0 Å². The summed E-state index contributed by atoms with van der Waals surface area (Å²) >= 11 is 0. The Bertz CT molecular complexity index is 293. The number of hydrogen-bond donors (Lipinski definition) is 3. The molecule has 0 spiro atoms. The minimum atomic E-state index is 0.860. The summed E-state index contributed by atoms with van der Waals surface area (Å²) in [5.41, 5.74) is 3.30. The first kappa shape index (κ1) is 10.6. The van der Waals surface area contributed by atoms with Crippen LogP contribution in [0.3, 0.4) is 0 Å². The molecule has 1 aromatic carbocycles. The SMILES string of the molecule is O[NH2+]c1ccc(CN2CCNCC2)cc1. The lowest BCUT2D eigenvalue weighted by atomic mass is 10.2. The van der Waals surface area contributed by atoms with Crippen LogP contribution in [0.5, 0.6) is 0 Å². The van der Waals surface area contributed by atoms with Gasteiger partial charge in [0.25, 0.3) is 0 Å². The Labute approximate surface area is 89.9 Å². The molecular formula is C11H18N3O+. The fraction of sp³-hybridized carbons (Fsp3) is 0.455. The van der Waals surface area contributed by atoms with Gasteiger partial charge in [-0.2, -0.15) is 5.48 Å². The van der Waals surface area contributed by atoms with E-state index in [1.54, 1.807) is 0 Å². The first-order valence-corrected chi connectivity index (χ1v) is 5.38. The van der Waals surface area contributed by atoms with Gasteiger partial charge in [0, 0.05) is 44.9 Å². The van der Waals surface area contributed by atoms with Gasteiger partial charge in [-0.25, -0.2) is 5.21 Å². The number of rotatable bonds is 3. The molecule has 82 valence electrons. The highest BCUT2D eigenvalue weighted by molar-refractivity contribution is 5.31. The monoisotopic (exact) mass is 208 g/mol. The minimum absolute atomic E-state index is 0.860. The molecule has 1 aromatic rings. The molecule has 2 rings (SSSR count). The third-order valence-corrected chi connectivity index (χ3v) is 2.74. The molecule has 1 fully saturated rings. The molecular weight excluding hydrogens is 190 g/mol. The Hall–Kier alpha value is -0.940. The minimum Gasteiger partial charge on any atom is -0.314 e. The van der Waals surface area contributed by atoms with Gasteiger partial charge >= 0.3 is 0 Å². The van der Waals surface area contributed by atoms with Gasteiger partial charge in [0.1, 0.15) is 0 Å². The van der Waals surface area contributed by atoms with Crippen LogP contribution >= 0.6 is 0 Å². The van der Waals surface area contributed by atoms with Gasteiger partial charge in [-0.1, -0.05) is 12.1 Å². The number of nitrogens with one attached hydrogen (secondary N) is 1. The van der Waals surface area contributed by atoms with Gasteiger partial charge in [0.05, 0.1) is 0 Å². The van der Waals surface area contributed by atoms with E-state index in [2.05, 4.69) is 22.3 Å². The maximum Gasteiger partial charge on any atom is 0.161 e. The molecule has 0 aliphatic carbocycles. The molecule has 0 saturated carbocycles. The quantitative estimate of drug-likeness (QED) is 0.471. The van der Waals surface area contributed by atoms with Crippen LogP contribution in [0.1, 0.15) is 5.56 Å². The molecule has 0 unspecified atom stereocenters. The fourth-order valence-corrected chi connectivity index (χ4v) is 1.84. The molecule has 0 radical (unpaired) electrons. The normalized spacial score (nSPS) is 17.9. The van der Waals surface area contributed by atoms with Crippen molar-refractivity contribution in [2.75, 3.05) is 26.2 Å². The number of quaternary nitrogens is 1.